The minimum Gasteiger partial charge on any atom is -0.449 e. The molecule has 0 fully saturated rings. The molecule has 0 aliphatic carbocycles. The van der Waals surface area contributed by atoms with Gasteiger partial charge >= 0.3 is 13.2 Å². The van der Waals surface area contributed by atoms with E-state index in [9.17, 15) is 14.8 Å². The standard InChI is InChI=1S/C15H18BNO4/c1-2-3-10-21-15(18)17-13-9-8-11-6-4-5-7-12(11)14(13)16(19)20/h4-9,19-20H,2-3,10H2,1H3,(H,17,18). The lowest BCUT2D eigenvalue weighted by atomic mass is 9.76. The molecule has 0 unspecified atom stereocenters. The van der Waals surface area contributed by atoms with Gasteiger partial charge in [0, 0.05) is 11.2 Å². The summed E-state index contributed by atoms with van der Waals surface area (Å²) in [7, 11) is -1.68. The van der Waals surface area contributed by atoms with Crippen LogP contribution in [0.25, 0.3) is 10.8 Å². The molecule has 0 bridgehead atoms. The lowest BCUT2D eigenvalue weighted by Crippen LogP contribution is -2.34. The second-order valence-corrected chi connectivity index (χ2v) is 4.74. The van der Waals surface area contributed by atoms with Crippen LogP contribution in [0, 0.1) is 0 Å². The zero-order valence-corrected chi connectivity index (χ0v) is 11.9. The first-order chi connectivity index (χ1) is 10.1. The average molecular weight is 287 g/mol. The molecular formula is C15H18BNO4. The maximum atomic E-state index is 11.7. The van der Waals surface area contributed by atoms with Crippen molar-refractivity contribution in [3.8, 4) is 0 Å². The van der Waals surface area contributed by atoms with Gasteiger partial charge in [0.15, 0.2) is 0 Å². The van der Waals surface area contributed by atoms with Crippen LogP contribution in [0.5, 0.6) is 0 Å². The number of fused-ring (bicyclic) bond motifs is 1. The quantitative estimate of drug-likeness (QED) is 0.579. The van der Waals surface area contributed by atoms with Crippen LogP contribution in [0.2, 0.25) is 0 Å². The molecule has 5 nitrogen and oxygen atoms in total. The minimum atomic E-state index is -1.68. The van der Waals surface area contributed by atoms with E-state index in [1.165, 1.54) is 0 Å². The van der Waals surface area contributed by atoms with E-state index in [4.69, 9.17) is 4.74 Å². The first kappa shape index (κ1) is 15.3. The minimum absolute atomic E-state index is 0.264. The number of carbonyl (C=O) groups excluding carboxylic acids is 1. The maximum Gasteiger partial charge on any atom is 0.491 e. The fourth-order valence-corrected chi connectivity index (χ4v) is 2.14. The number of carbonyl (C=O) groups is 1. The van der Waals surface area contributed by atoms with Crippen molar-refractivity contribution >= 4 is 35.1 Å². The maximum absolute atomic E-state index is 11.7. The van der Waals surface area contributed by atoms with Crippen molar-refractivity contribution in [2.24, 2.45) is 0 Å². The number of unbranched alkanes of at least 4 members (excludes halogenated alkanes) is 1. The molecule has 0 radical (unpaired) electrons. The molecule has 21 heavy (non-hydrogen) atoms. The molecule has 0 spiro atoms. The summed E-state index contributed by atoms with van der Waals surface area (Å²) in [6.45, 7) is 2.34. The van der Waals surface area contributed by atoms with Gasteiger partial charge in [-0.2, -0.15) is 0 Å². The second kappa shape index (κ2) is 7.10. The highest BCUT2D eigenvalue weighted by Gasteiger charge is 2.20. The van der Waals surface area contributed by atoms with E-state index in [1.807, 2.05) is 25.1 Å². The molecule has 2 rings (SSSR count). The van der Waals surface area contributed by atoms with Gasteiger partial charge in [-0.25, -0.2) is 4.79 Å². The van der Waals surface area contributed by atoms with Gasteiger partial charge in [0.05, 0.1) is 6.61 Å². The van der Waals surface area contributed by atoms with Gasteiger partial charge in [0.25, 0.3) is 0 Å². The van der Waals surface area contributed by atoms with Gasteiger partial charge in [0.2, 0.25) is 0 Å². The summed E-state index contributed by atoms with van der Waals surface area (Å²) >= 11 is 0. The second-order valence-electron chi connectivity index (χ2n) is 4.74. The lowest BCUT2D eigenvalue weighted by molar-refractivity contribution is 0.160. The van der Waals surface area contributed by atoms with E-state index in [-0.39, 0.29) is 5.46 Å². The Kier molecular flexibility index (Phi) is 5.19. The monoisotopic (exact) mass is 287 g/mol. The van der Waals surface area contributed by atoms with Crippen molar-refractivity contribution in [1.29, 1.82) is 0 Å². The number of hydrogen-bond acceptors (Lipinski definition) is 4. The summed E-state index contributed by atoms with van der Waals surface area (Å²) in [6, 6.07) is 10.8. The molecule has 0 heterocycles. The Bertz CT molecular complexity index is 630. The number of benzene rings is 2. The molecule has 2 aromatic carbocycles. The third-order valence-corrected chi connectivity index (χ3v) is 3.20. The van der Waals surface area contributed by atoms with Gasteiger partial charge in [0.1, 0.15) is 0 Å². The smallest absolute Gasteiger partial charge is 0.449 e. The summed E-state index contributed by atoms with van der Waals surface area (Å²) in [5.41, 5.74) is 0.603. The van der Waals surface area contributed by atoms with Crippen molar-refractivity contribution in [1.82, 2.24) is 0 Å². The third kappa shape index (κ3) is 3.74. The van der Waals surface area contributed by atoms with Gasteiger partial charge in [-0.05, 0) is 23.3 Å². The van der Waals surface area contributed by atoms with E-state index >= 15 is 0 Å². The number of rotatable bonds is 5. The fraction of sp³-hybridized carbons (Fsp3) is 0.267. The summed E-state index contributed by atoms with van der Waals surface area (Å²) < 4.78 is 5.02. The normalized spacial score (nSPS) is 10.4. The number of nitrogens with one attached hydrogen (secondary N) is 1. The van der Waals surface area contributed by atoms with Crippen LogP contribution in [0.4, 0.5) is 10.5 Å². The molecule has 0 saturated heterocycles. The molecule has 0 atom stereocenters. The van der Waals surface area contributed by atoms with E-state index in [2.05, 4.69) is 5.32 Å². The van der Waals surface area contributed by atoms with Crippen LogP contribution < -0.4 is 10.8 Å². The summed E-state index contributed by atoms with van der Waals surface area (Å²) in [5.74, 6) is 0. The number of anilines is 1. The fourth-order valence-electron chi connectivity index (χ4n) is 2.14. The molecule has 110 valence electrons. The van der Waals surface area contributed by atoms with E-state index in [1.54, 1.807) is 18.2 Å². The molecule has 0 saturated carbocycles. The molecule has 6 heteroatoms. The van der Waals surface area contributed by atoms with Crippen LogP contribution in [0.15, 0.2) is 36.4 Å². The Labute approximate surface area is 123 Å². The van der Waals surface area contributed by atoms with Gasteiger partial charge in [-0.1, -0.05) is 43.7 Å². The highest BCUT2D eigenvalue weighted by atomic mass is 16.5. The first-order valence-corrected chi connectivity index (χ1v) is 6.95. The van der Waals surface area contributed by atoms with Crippen molar-refractivity contribution in [2.45, 2.75) is 19.8 Å². The van der Waals surface area contributed by atoms with E-state index < -0.39 is 13.2 Å². The summed E-state index contributed by atoms with van der Waals surface area (Å²) in [5, 5.41) is 23.3. The Morgan fingerprint density at radius 3 is 2.71 bits per heavy atom. The van der Waals surface area contributed by atoms with E-state index in [0.29, 0.717) is 17.7 Å². The third-order valence-electron chi connectivity index (χ3n) is 3.20. The summed E-state index contributed by atoms with van der Waals surface area (Å²) in [6.07, 6.45) is 1.13. The summed E-state index contributed by atoms with van der Waals surface area (Å²) in [4.78, 5) is 11.7. The van der Waals surface area contributed by atoms with Crippen LogP contribution >= 0.6 is 0 Å². The van der Waals surface area contributed by atoms with Crippen LogP contribution in [-0.4, -0.2) is 29.9 Å². The van der Waals surface area contributed by atoms with Crippen LogP contribution in [-0.2, 0) is 4.74 Å². The number of amides is 1. The molecule has 0 aliphatic rings. The molecule has 2 aromatic rings. The Morgan fingerprint density at radius 1 is 1.24 bits per heavy atom. The van der Waals surface area contributed by atoms with Crippen molar-refractivity contribution in [3.05, 3.63) is 36.4 Å². The van der Waals surface area contributed by atoms with Crippen LogP contribution in [0.1, 0.15) is 19.8 Å². The molecule has 3 N–H and O–H groups in total. The molecular weight excluding hydrogens is 269 g/mol. The predicted molar refractivity (Wildman–Crippen MR) is 83.7 cm³/mol. The molecule has 0 aromatic heterocycles. The Morgan fingerprint density at radius 2 is 2.00 bits per heavy atom. The van der Waals surface area contributed by atoms with Crippen molar-refractivity contribution in [3.63, 3.8) is 0 Å². The van der Waals surface area contributed by atoms with E-state index in [0.717, 1.165) is 18.2 Å². The zero-order valence-electron chi connectivity index (χ0n) is 11.9. The Hall–Kier alpha value is -2.05. The average Bonchev–Trinajstić information content (AvgIpc) is 2.47. The van der Waals surface area contributed by atoms with Crippen molar-refractivity contribution < 1.29 is 19.6 Å². The zero-order chi connectivity index (χ0) is 15.2. The molecule has 1 amide bonds. The topological polar surface area (TPSA) is 78.8 Å². The van der Waals surface area contributed by atoms with Gasteiger partial charge in [-0.3, -0.25) is 5.32 Å². The number of ether oxygens (including phenoxy) is 1. The SMILES string of the molecule is CCCCOC(=O)Nc1ccc2ccccc2c1B(O)O. The highest BCUT2D eigenvalue weighted by Crippen LogP contribution is 2.17. The van der Waals surface area contributed by atoms with Crippen molar-refractivity contribution in [2.75, 3.05) is 11.9 Å². The molecule has 0 aliphatic heterocycles. The highest BCUT2D eigenvalue weighted by molar-refractivity contribution is 6.64. The lowest BCUT2D eigenvalue weighted by Gasteiger charge is -2.13. The Balaban J connectivity index is 2.27. The van der Waals surface area contributed by atoms with Crippen LogP contribution in [0.3, 0.4) is 0 Å². The first-order valence-electron chi connectivity index (χ1n) is 6.95. The predicted octanol–water partition coefficient (Wildman–Crippen LogP) is 1.87. The van der Waals surface area contributed by atoms with Gasteiger partial charge in [-0.15, -0.1) is 0 Å². The van der Waals surface area contributed by atoms with Gasteiger partial charge < -0.3 is 14.8 Å². The largest absolute Gasteiger partial charge is 0.491 e. The number of hydrogen-bond donors (Lipinski definition) is 3.